The molecule has 0 bridgehead atoms. The van der Waals surface area contributed by atoms with Crippen LogP contribution in [0.1, 0.15) is 40.9 Å². The lowest BCUT2D eigenvalue weighted by molar-refractivity contribution is -0.117. The van der Waals surface area contributed by atoms with Crippen LogP contribution in [0.15, 0.2) is 66.9 Å². The molecule has 0 saturated heterocycles. The molecule has 0 radical (unpaired) electrons. The summed E-state index contributed by atoms with van der Waals surface area (Å²) in [6, 6.07) is 17.9. The van der Waals surface area contributed by atoms with E-state index in [0.29, 0.717) is 36.0 Å². The van der Waals surface area contributed by atoms with Crippen molar-refractivity contribution in [3.05, 3.63) is 83.6 Å². The maximum Gasteiger partial charge on any atom is 0.255 e. The third-order valence-corrected chi connectivity index (χ3v) is 5.41. The molecule has 0 fully saturated rings. The maximum atomic E-state index is 13.2. The van der Waals surface area contributed by atoms with Crippen LogP contribution >= 0.6 is 0 Å². The van der Waals surface area contributed by atoms with Crippen molar-refractivity contribution >= 4 is 17.6 Å². The maximum absolute atomic E-state index is 13.2. The Labute approximate surface area is 187 Å². The van der Waals surface area contributed by atoms with Gasteiger partial charge in [-0.1, -0.05) is 30.3 Å². The van der Waals surface area contributed by atoms with Gasteiger partial charge in [0.2, 0.25) is 5.91 Å². The molecule has 32 heavy (non-hydrogen) atoms. The molecule has 1 N–H and O–H groups in total. The Morgan fingerprint density at radius 3 is 2.66 bits per heavy atom. The summed E-state index contributed by atoms with van der Waals surface area (Å²) < 4.78 is 11.1. The van der Waals surface area contributed by atoms with E-state index in [0.717, 1.165) is 11.1 Å². The summed E-state index contributed by atoms with van der Waals surface area (Å²) in [4.78, 5) is 32.0. The van der Waals surface area contributed by atoms with Crippen molar-refractivity contribution < 1.29 is 19.1 Å². The molecule has 1 atom stereocenters. The molecule has 3 aromatic rings. The van der Waals surface area contributed by atoms with E-state index in [1.807, 2.05) is 49.4 Å². The van der Waals surface area contributed by atoms with E-state index >= 15 is 0 Å². The third kappa shape index (κ3) is 4.42. The van der Waals surface area contributed by atoms with E-state index in [9.17, 15) is 9.59 Å². The largest absolute Gasteiger partial charge is 0.493 e. The fourth-order valence-electron chi connectivity index (χ4n) is 3.91. The zero-order chi connectivity index (χ0) is 22.5. The third-order valence-electron chi connectivity index (χ3n) is 5.41. The molecule has 2 aromatic carbocycles. The molecule has 2 amide bonds. The normalized spacial score (nSPS) is 13.4. The first-order chi connectivity index (χ1) is 15.6. The van der Waals surface area contributed by atoms with Gasteiger partial charge in [-0.25, -0.2) is 4.98 Å². The number of hydrogen-bond donors (Lipinski definition) is 1. The molecule has 0 saturated carbocycles. The van der Waals surface area contributed by atoms with E-state index in [4.69, 9.17) is 9.47 Å². The minimum absolute atomic E-state index is 0.0768. The van der Waals surface area contributed by atoms with Gasteiger partial charge in [0.05, 0.1) is 26.2 Å². The van der Waals surface area contributed by atoms with Crippen molar-refractivity contribution in [2.24, 2.45) is 0 Å². The van der Waals surface area contributed by atoms with Crippen LogP contribution in [-0.4, -0.2) is 35.4 Å². The predicted octanol–water partition coefficient (Wildman–Crippen LogP) is 4.21. The Hall–Kier alpha value is -3.87. The van der Waals surface area contributed by atoms with Gasteiger partial charge in [0, 0.05) is 18.3 Å². The summed E-state index contributed by atoms with van der Waals surface area (Å²) in [5.74, 6) is 1.32. The van der Waals surface area contributed by atoms with Crippen molar-refractivity contribution in [3.63, 3.8) is 0 Å². The van der Waals surface area contributed by atoms with Gasteiger partial charge < -0.3 is 19.7 Å². The molecule has 0 unspecified atom stereocenters. The van der Waals surface area contributed by atoms with Crippen molar-refractivity contribution in [3.8, 4) is 11.5 Å². The quantitative estimate of drug-likeness (QED) is 0.578. The molecule has 7 nitrogen and oxygen atoms in total. The molecule has 1 aliphatic heterocycles. The Morgan fingerprint density at radius 1 is 1.12 bits per heavy atom. The van der Waals surface area contributed by atoms with Crippen LogP contribution in [0.2, 0.25) is 0 Å². The van der Waals surface area contributed by atoms with E-state index in [1.54, 1.807) is 36.4 Å². The molecule has 2 heterocycles. The van der Waals surface area contributed by atoms with E-state index < -0.39 is 6.04 Å². The number of carbonyl (C=O) groups is 2. The number of anilines is 1. The predicted molar refractivity (Wildman–Crippen MR) is 121 cm³/mol. The zero-order valence-corrected chi connectivity index (χ0v) is 18.1. The van der Waals surface area contributed by atoms with Crippen LogP contribution in [0.25, 0.3) is 0 Å². The van der Waals surface area contributed by atoms with Crippen molar-refractivity contribution in [1.82, 2.24) is 9.88 Å². The number of hydrogen-bond acceptors (Lipinski definition) is 5. The van der Waals surface area contributed by atoms with Crippen molar-refractivity contribution in [2.75, 3.05) is 19.0 Å². The highest BCUT2D eigenvalue weighted by molar-refractivity contribution is 5.99. The van der Waals surface area contributed by atoms with Crippen LogP contribution in [0.4, 0.5) is 5.82 Å². The molecule has 4 rings (SSSR count). The van der Waals surface area contributed by atoms with E-state index in [2.05, 4.69) is 10.3 Å². The minimum atomic E-state index is -0.483. The van der Waals surface area contributed by atoms with Crippen LogP contribution in [-0.2, 0) is 11.3 Å². The lowest BCUT2D eigenvalue weighted by Gasteiger charge is -2.28. The lowest BCUT2D eigenvalue weighted by Crippen LogP contribution is -2.32. The van der Waals surface area contributed by atoms with Crippen LogP contribution < -0.4 is 14.8 Å². The summed E-state index contributed by atoms with van der Waals surface area (Å²) in [5.41, 5.74) is 2.41. The molecule has 0 spiro atoms. The van der Waals surface area contributed by atoms with Gasteiger partial charge in [0.1, 0.15) is 5.82 Å². The average molecular weight is 431 g/mol. The Kier molecular flexibility index (Phi) is 6.35. The average Bonchev–Trinajstić information content (AvgIpc) is 3.15. The highest BCUT2D eigenvalue weighted by Crippen LogP contribution is 2.37. The van der Waals surface area contributed by atoms with E-state index in [-0.39, 0.29) is 18.2 Å². The minimum Gasteiger partial charge on any atom is -0.493 e. The molecule has 7 heteroatoms. The van der Waals surface area contributed by atoms with Gasteiger partial charge in [0.25, 0.3) is 5.91 Å². The smallest absolute Gasteiger partial charge is 0.255 e. The first-order valence-corrected chi connectivity index (χ1v) is 10.5. The van der Waals surface area contributed by atoms with Crippen LogP contribution in [0.5, 0.6) is 11.5 Å². The van der Waals surface area contributed by atoms with E-state index in [1.165, 1.54) is 0 Å². The number of pyridine rings is 1. The molecular weight excluding hydrogens is 406 g/mol. The Morgan fingerprint density at radius 2 is 1.94 bits per heavy atom. The summed E-state index contributed by atoms with van der Waals surface area (Å²) >= 11 is 0. The number of benzene rings is 2. The van der Waals surface area contributed by atoms with Crippen molar-refractivity contribution in [2.45, 2.75) is 25.9 Å². The number of fused-ring (bicyclic) bond motifs is 1. The van der Waals surface area contributed by atoms with Gasteiger partial charge in [0.15, 0.2) is 11.5 Å². The number of nitrogens with zero attached hydrogens (tertiary/aromatic N) is 2. The second kappa shape index (κ2) is 9.51. The summed E-state index contributed by atoms with van der Waals surface area (Å²) in [5, 5.41) is 2.82. The van der Waals surface area contributed by atoms with Gasteiger partial charge in [-0.3, -0.25) is 9.59 Å². The highest BCUT2D eigenvalue weighted by Gasteiger charge is 2.35. The Balaban J connectivity index is 1.66. The van der Waals surface area contributed by atoms with Crippen LogP contribution in [0.3, 0.4) is 0 Å². The fraction of sp³-hybridized carbons (Fsp3) is 0.240. The SMILES string of the molecule is CCOc1ccc([C@H](CC(=O)Nc2ccccn2)N2Cc3ccccc3C2=O)cc1OC. The molecule has 0 aliphatic carbocycles. The van der Waals surface area contributed by atoms with Gasteiger partial charge >= 0.3 is 0 Å². The molecule has 164 valence electrons. The topological polar surface area (TPSA) is 80.8 Å². The van der Waals surface area contributed by atoms with Crippen LogP contribution in [0, 0.1) is 0 Å². The Bertz CT molecular complexity index is 1120. The fourth-order valence-corrected chi connectivity index (χ4v) is 3.91. The van der Waals surface area contributed by atoms with Gasteiger partial charge in [-0.05, 0) is 48.4 Å². The first-order valence-electron chi connectivity index (χ1n) is 10.5. The molecule has 1 aliphatic rings. The molecular formula is C25H25N3O4. The summed E-state index contributed by atoms with van der Waals surface area (Å²) in [6.07, 6.45) is 1.69. The summed E-state index contributed by atoms with van der Waals surface area (Å²) in [6.45, 7) is 2.84. The second-order valence-electron chi connectivity index (χ2n) is 7.42. The second-order valence-corrected chi connectivity index (χ2v) is 7.42. The number of ether oxygens (including phenoxy) is 2. The van der Waals surface area contributed by atoms with Crippen molar-refractivity contribution in [1.29, 1.82) is 0 Å². The number of rotatable bonds is 8. The standard InChI is InChI=1S/C25H25N3O4/c1-3-32-21-12-11-17(14-22(21)31-2)20(15-24(29)27-23-10-6-7-13-26-23)28-16-18-8-4-5-9-19(18)25(28)30/h4-14,20H,3,15-16H2,1-2H3,(H,26,27,29)/t20-/m0/s1. The zero-order valence-electron chi connectivity index (χ0n) is 18.1. The number of aromatic nitrogens is 1. The first kappa shape index (κ1) is 21.4. The monoisotopic (exact) mass is 431 g/mol. The summed E-state index contributed by atoms with van der Waals surface area (Å²) in [7, 11) is 1.57. The van der Waals surface area contributed by atoms with Gasteiger partial charge in [-0.2, -0.15) is 0 Å². The number of amides is 2. The van der Waals surface area contributed by atoms with Gasteiger partial charge in [-0.15, -0.1) is 0 Å². The number of carbonyl (C=O) groups excluding carboxylic acids is 2. The molecule has 1 aromatic heterocycles. The lowest BCUT2D eigenvalue weighted by atomic mass is 10.0. The number of nitrogens with one attached hydrogen (secondary N) is 1. The number of methoxy groups -OCH3 is 1. The highest BCUT2D eigenvalue weighted by atomic mass is 16.5.